The molecular formula is C9H5Cl2NOS. The number of halogens is 2. The fourth-order valence-electron chi connectivity index (χ4n) is 1.09. The largest absolute Gasteiger partial charge is 0.268 e. The van der Waals surface area contributed by atoms with Crippen LogP contribution in [0.25, 0.3) is 5.69 Å². The summed E-state index contributed by atoms with van der Waals surface area (Å²) in [5.41, 5.74) is 0.526. The lowest BCUT2D eigenvalue weighted by Gasteiger charge is -2.03. The highest BCUT2D eigenvalue weighted by Crippen LogP contribution is 2.24. The average Bonchev–Trinajstić information content (AvgIpc) is 2.56. The number of rotatable bonds is 1. The predicted octanol–water partition coefficient (Wildman–Crippen LogP) is 3.21. The molecule has 0 atom stereocenters. The summed E-state index contributed by atoms with van der Waals surface area (Å²) >= 11 is 13.1. The van der Waals surface area contributed by atoms with Crippen molar-refractivity contribution in [3.8, 4) is 5.69 Å². The Bertz CT molecular complexity index is 518. The first kappa shape index (κ1) is 9.77. The Kier molecular flexibility index (Phi) is 2.63. The number of hydrogen-bond acceptors (Lipinski definition) is 2. The lowest BCUT2D eigenvalue weighted by molar-refractivity contribution is 1.13. The Labute approximate surface area is 94.5 Å². The zero-order chi connectivity index (χ0) is 10.1. The molecule has 2 rings (SSSR count). The molecule has 0 saturated heterocycles. The molecule has 1 aromatic heterocycles. The molecule has 5 heteroatoms. The normalized spacial score (nSPS) is 10.4. The molecule has 0 N–H and O–H groups in total. The quantitative estimate of drug-likeness (QED) is 0.757. The van der Waals surface area contributed by atoms with Gasteiger partial charge in [-0.25, -0.2) is 3.96 Å². The first-order valence-electron chi connectivity index (χ1n) is 3.81. The Morgan fingerprint density at radius 1 is 1.21 bits per heavy atom. The van der Waals surface area contributed by atoms with Crippen molar-refractivity contribution < 1.29 is 0 Å². The summed E-state index contributed by atoms with van der Waals surface area (Å²) < 4.78 is 1.49. The fraction of sp³-hybridized carbons (Fsp3) is 0. The van der Waals surface area contributed by atoms with Gasteiger partial charge in [-0.15, -0.1) is 0 Å². The minimum absolute atomic E-state index is 0.0980. The van der Waals surface area contributed by atoms with Crippen molar-refractivity contribution in [2.24, 2.45) is 0 Å². The lowest BCUT2D eigenvalue weighted by Crippen LogP contribution is -2.09. The van der Waals surface area contributed by atoms with Gasteiger partial charge in [0.15, 0.2) is 0 Å². The summed E-state index contributed by atoms with van der Waals surface area (Å²) in [5.74, 6) is 0. The second-order valence-corrected chi connectivity index (χ2v) is 4.33. The van der Waals surface area contributed by atoms with Gasteiger partial charge in [-0.05, 0) is 18.2 Å². The van der Waals surface area contributed by atoms with E-state index in [1.807, 2.05) is 0 Å². The molecule has 0 fully saturated rings. The van der Waals surface area contributed by atoms with Crippen LogP contribution in [0.2, 0.25) is 10.0 Å². The van der Waals surface area contributed by atoms with Crippen LogP contribution in [0.3, 0.4) is 0 Å². The molecule has 2 aromatic rings. The molecule has 0 amide bonds. The van der Waals surface area contributed by atoms with Crippen LogP contribution in [-0.4, -0.2) is 3.96 Å². The van der Waals surface area contributed by atoms with Crippen molar-refractivity contribution in [2.45, 2.75) is 0 Å². The van der Waals surface area contributed by atoms with E-state index in [0.717, 1.165) is 0 Å². The third-order valence-electron chi connectivity index (χ3n) is 1.70. The van der Waals surface area contributed by atoms with Crippen molar-refractivity contribution in [3.05, 3.63) is 50.0 Å². The first-order chi connectivity index (χ1) is 6.68. The molecule has 0 aliphatic carbocycles. The standard InChI is InChI=1S/C9H5Cl2NOS/c10-6-1-2-7(11)8(5-6)12-9(13)3-4-14-12/h1-5H. The van der Waals surface area contributed by atoms with Gasteiger partial charge in [0.05, 0.1) is 10.7 Å². The monoisotopic (exact) mass is 245 g/mol. The van der Waals surface area contributed by atoms with Crippen LogP contribution in [0.4, 0.5) is 0 Å². The summed E-state index contributed by atoms with van der Waals surface area (Å²) in [6.07, 6.45) is 0. The topological polar surface area (TPSA) is 22.0 Å². The highest BCUT2D eigenvalue weighted by atomic mass is 35.5. The molecule has 0 aliphatic heterocycles. The van der Waals surface area contributed by atoms with E-state index < -0.39 is 0 Å². The number of nitrogens with zero attached hydrogens (tertiary/aromatic N) is 1. The molecule has 1 heterocycles. The van der Waals surface area contributed by atoms with E-state index >= 15 is 0 Å². The molecular weight excluding hydrogens is 241 g/mol. The van der Waals surface area contributed by atoms with Crippen LogP contribution in [0.1, 0.15) is 0 Å². The molecule has 0 spiro atoms. The predicted molar refractivity (Wildman–Crippen MR) is 59.9 cm³/mol. The molecule has 14 heavy (non-hydrogen) atoms. The molecule has 2 nitrogen and oxygen atoms in total. The summed E-state index contributed by atoms with van der Waals surface area (Å²) in [7, 11) is 0. The molecule has 0 bridgehead atoms. The van der Waals surface area contributed by atoms with Gasteiger partial charge >= 0.3 is 0 Å². The minimum Gasteiger partial charge on any atom is -0.268 e. The Morgan fingerprint density at radius 2 is 2.00 bits per heavy atom. The molecule has 72 valence electrons. The lowest BCUT2D eigenvalue weighted by atomic mass is 10.3. The minimum atomic E-state index is -0.0980. The number of hydrogen-bond donors (Lipinski definition) is 0. The summed E-state index contributed by atoms with van der Waals surface area (Å²) in [6, 6.07) is 6.51. The summed E-state index contributed by atoms with van der Waals surface area (Å²) in [6.45, 7) is 0. The van der Waals surface area contributed by atoms with Crippen LogP contribution in [0, 0.1) is 0 Å². The summed E-state index contributed by atoms with van der Waals surface area (Å²) in [5, 5.41) is 2.78. The van der Waals surface area contributed by atoms with Crippen molar-refractivity contribution >= 4 is 34.7 Å². The molecule has 0 aliphatic rings. The molecule has 0 unspecified atom stereocenters. The highest BCUT2D eigenvalue weighted by Gasteiger charge is 2.06. The Balaban J connectivity index is 2.68. The van der Waals surface area contributed by atoms with E-state index in [9.17, 15) is 4.79 Å². The Hall–Kier alpha value is -0.770. The van der Waals surface area contributed by atoms with Crippen LogP contribution >= 0.6 is 34.7 Å². The van der Waals surface area contributed by atoms with Crippen molar-refractivity contribution in [1.29, 1.82) is 0 Å². The van der Waals surface area contributed by atoms with E-state index in [1.165, 1.54) is 21.6 Å². The third-order valence-corrected chi connectivity index (χ3v) is 3.10. The van der Waals surface area contributed by atoms with Gasteiger partial charge in [0.1, 0.15) is 0 Å². The van der Waals surface area contributed by atoms with E-state index in [-0.39, 0.29) is 5.56 Å². The van der Waals surface area contributed by atoms with Crippen molar-refractivity contribution in [1.82, 2.24) is 3.96 Å². The van der Waals surface area contributed by atoms with Gasteiger partial charge in [0.2, 0.25) is 0 Å². The first-order valence-corrected chi connectivity index (χ1v) is 5.40. The maximum absolute atomic E-state index is 11.4. The zero-order valence-electron chi connectivity index (χ0n) is 6.91. The van der Waals surface area contributed by atoms with Gasteiger partial charge in [-0.1, -0.05) is 34.7 Å². The van der Waals surface area contributed by atoms with E-state index in [2.05, 4.69) is 0 Å². The zero-order valence-corrected chi connectivity index (χ0v) is 9.23. The van der Waals surface area contributed by atoms with Crippen LogP contribution in [0.15, 0.2) is 34.4 Å². The number of benzene rings is 1. The van der Waals surface area contributed by atoms with Gasteiger partial charge in [0, 0.05) is 16.5 Å². The molecule has 0 radical (unpaired) electrons. The fourth-order valence-corrected chi connectivity index (χ4v) is 2.23. The smallest absolute Gasteiger partial charge is 0.265 e. The molecule has 0 saturated carbocycles. The second-order valence-electron chi connectivity index (χ2n) is 2.64. The van der Waals surface area contributed by atoms with Crippen LogP contribution < -0.4 is 5.56 Å². The maximum atomic E-state index is 11.4. The van der Waals surface area contributed by atoms with Crippen molar-refractivity contribution in [2.75, 3.05) is 0 Å². The van der Waals surface area contributed by atoms with Crippen LogP contribution in [-0.2, 0) is 0 Å². The van der Waals surface area contributed by atoms with Crippen molar-refractivity contribution in [3.63, 3.8) is 0 Å². The SMILES string of the molecule is O=c1ccsn1-c1cc(Cl)ccc1Cl. The third kappa shape index (κ3) is 1.71. The van der Waals surface area contributed by atoms with Gasteiger partial charge in [0.25, 0.3) is 5.56 Å². The van der Waals surface area contributed by atoms with Gasteiger partial charge in [-0.3, -0.25) is 4.79 Å². The number of aromatic nitrogens is 1. The maximum Gasteiger partial charge on any atom is 0.265 e. The van der Waals surface area contributed by atoms with Crippen LogP contribution in [0.5, 0.6) is 0 Å². The Morgan fingerprint density at radius 3 is 2.64 bits per heavy atom. The van der Waals surface area contributed by atoms with Gasteiger partial charge < -0.3 is 0 Å². The van der Waals surface area contributed by atoms with Gasteiger partial charge in [-0.2, -0.15) is 0 Å². The van der Waals surface area contributed by atoms with E-state index in [0.29, 0.717) is 15.7 Å². The summed E-state index contributed by atoms with van der Waals surface area (Å²) in [4.78, 5) is 11.4. The van der Waals surface area contributed by atoms with E-state index in [1.54, 1.807) is 23.6 Å². The molecule has 1 aromatic carbocycles. The second kappa shape index (κ2) is 3.77. The van der Waals surface area contributed by atoms with E-state index in [4.69, 9.17) is 23.2 Å². The average molecular weight is 246 g/mol. The highest BCUT2D eigenvalue weighted by molar-refractivity contribution is 7.04.